The fraction of sp³-hybridized carbons (Fsp3) is 0.222. The second-order valence-electron chi connectivity index (χ2n) is 9.26. The number of aryl methyl sites for hydroxylation is 1. The van der Waals surface area contributed by atoms with Crippen LogP contribution in [0.3, 0.4) is 0 Å². The fourth-order valence-corrected chi connectivity index (χ4v) is 5.61. The number of ether oxygens (including phenoxy) is 1. The zero-order valence-corrected chi connectivity index (χ0v) is 21.7. The number of sulfonamides is 1. The van der Waals surface area contributed by atoms with Crippen molar-refractivity contribution in [3.63, 3.8) is 0 Å². The Morgan fingerprint density at radius 1 is 1.13 bits per heavy atom. The minimum Gasteiger partial charge on any atom is -0.474 e. The maximum Gasteiger partial charge on any atom is 0.263 e. The van der Waals surface area contributed by atoms with Gasteiger partial charge in [-0.25, -0.2) is 18.4 Å². The van der Waals surface area contributed by atoms with E-state index < -0.39 is 26.2 Å². The number of hydrogen-bond donors (Lipinski definition) is 2. The van der Waals surface area contributed by atoms with E-state index in [0.29, 0.717) is 29.3 Å². The summed E-state index contributed by atoms with van der Waals surface area (Å²) >= 11 is 0. The third kappa shape index (κ3) is 5.17. The highest BCUT2D eigenvalue weighted by Gasteiger charge is 2.56. The minimum atomic E-state index is -3.80. The van der Waals surface area contributed by atoms with Crippen LogP contribution in [0.15, 0.2) is 71.8 Å². The largest absolute Gasteiger partial charge is 0.474 e. The number of rotatable bonds is 9. The first-order valence-electron chi connectivity index (χ1n) is 12.1. The summed E-state index contributed by atoms with van der Waals surface area (Å²) < 4.78 is 34.6. The second kappa shape index (κ2) is 10.2. The SMILES string of the molecule is Cn1c(=O)c(C(=O)NCc2ccc(C#N)cc2)cc2ccnc(OCC3(S(=O)(=O)Nc4ccccn4)CC3)c21. The fourth-order valence-electron chi connectivity index (χ4n) is 4.14. The summed E-state index contributed by atoms with van der Waals surface area (Å²) in [6.45, 7) is 0.0157. The number of anilines is 1. The van der Waals surface area contributed by atoms with Crippen molar-refractivity contribution in [2.24, 2.45) is 7.05 Å². The number of hydrogen-bond acceptors (Lipinski definition) is 8. The average molecular weight is 545 g/mol. The van der Waals surface area contributed by atoms with Crippen LogP contribution in [0, 0.1) is 11.3 Å². The molecule has 1 saturated carbocycles. The van der Waals surface area contributed by atoms with Gasteiger partial charge in [-0.05, 0) is 54.8 Å². The van der Waals surface area contributed by atoms with E-state index >= 15 is 0 Å². The predicted molar refractivity (Wildman–Crippen MR) is 144 cm³/mol. The Morgan fingerprint density at radius 2 is 1.90 bits per heavy atom. The minimum absolute atomic E-state index is 0.0587. The van der Waals surface area contributed by atoms with Crippen LogP contribution in [-0.4, -0.2) is 40.2 Å². The smallest absolute Gasteiger partial charge is 0.263 e. The maximum atomic E-state index is 13.1. The van der Waals surface area contributed by atoms with Crippen molar-refractivity contribution in [1.82, 2.24) is 19.9 Å². The molecular weight excluding hydrogens is 520 g/mol. The highest BCUT2D eigenvalue weighted by molar-refractivity contribution is 7.94. The molecule has 0 aliphatic heterocycles. The molecule has 0 saturated heterocycles. The molecule has 0 bridgehead atoms. The van der Waals surface area contributed by atoms with Gasteiger partial charge in [-0.2, -0.15) is 5.26 Å². The van der Waals surface area contributed by atoms with Gasteiger partial charge in [0, 0.05) is 31.4 Å². The van der Waals surface area contributed by atoms with Crippen molar-refractivity contribution in [2.45, 2.75) is 24.1 Å². The second-order valence-corrected chi connectivity index (χ2v) is 11.3. The summed E-state index contributed by atoms with van der Waals surface area (Å²) in [6.07, 6.45) is 3.78. The lowest BCUT2D eigenvalue weighted by Gasteiger charge is -2.19. The van der Waals surface area contributed by atoms with Crippen LogP contribution in [0.4, 0.5) is 5.82 Å². The summed E-state index contributed by atoms with van der Waals surface area (Å²) in [4.78, 5) is 34.2. The normalized spacial score (nSPS) is 13.8. The Kier molecular flexibility index (Phi) is 6.76. The topological polar surface area (TPSA) is 156 Å². The predicted octanol–water partition coefficient (Wildman–Crippen LogP) is 2.48. The van der Waals surface area contributed by atoms with Crippen LogP contribution in [0.1, 0.15) is 34.3 Å². The Balaban J connectivity index is 1.35. The van der Waals surface area contributed by atoms with Crippen LogP contribution in [0.5, 0.6) is 5.88 Å². The Morgan fingerprint density at radius 3 is 2.56 bits per heavy atom. The molecule has 5 rings (SSSR count). The molecule has 198 valence electrons. The van der Waals surface area contributed by atoms with E-state index in [4.69, 9.17) is 10.00 Å². The zero-order chi connectivity index (χ0) is 27.6. The quantitative estimate of drug-likeness (QED) is 0.326. The van der Waals surface area contributed by atoms with E-state index in [1.54, 1.807) is 48.5 Å². The standard InChI is InChI=1S/C27H24N6O5S/c1-33-23-20(14-21(26(33)35)24(34)31-16-19-7-5-18(15-28)6-8-19)9-13-30-25(23)38-17-27(10-11-27)39(36,37)32-22-4-2-3-12-29-22/h2-9,12-14H,10-11,16-17H2,1H3,(H,29,32)(H,31,34). The molecule has 39 heavy (non-hydrogen) atoms. The monoisotopic (exact) mass is 544 g/mol. The molecule has 0 radical (unpaired) electrons. The lowest BCUT2D eigenvalue weighted by Crippen LogP contribution is -2.35. The summed E-state index contributed by atoms with van der Waals surface area (Å²) in [6, 6.07) is 16.8. The van der Waals surface area contributed by atoms with Gasteiger partial charge in [-0.15, -0.1) is 0 Å². The number of nitriles is 1. The van der Waals surface area contributed by atoms with Crippen LogP contribution >= 0.6 is 0 Å². The summed E-state index contributed by atoms with van der Waals surface area (Å²) in [5, 5.41) is 12.2. The van der Waals surface area contributed by atoms with Gasteiger partial charge in [-0.3, -0.25) is 14.3 Å². The van der Waals surface area contributed by atoms with Crippen molar-refractivity contribution in [1.29, 1.82) is 5.26 Å². The molecule has 1 aliphatic carbocycles. The average Bonchev–Trinajstić information content (AvgIpc) is 3.75. The highest BCUT2D eigenvalue weighted by atomic mass is 32.2. The number of benzene rings is 1. The van der Waals surface area contributed by atoms with Crippen molar-refractivity contribution < 1.29 is 17.9 Å². The van der Waals surface area contributed by atoms with Crippen molar-refractivity contribution >= 4 is 32.7 Å². The molecule has 0 spiro atoms. The summed E-state index contributed by atoms with van der Waals surface area (Å²) in [5.74, 6) is -0.236. The van der Waals surface area contributed by atoms with Crippen molar-refractivity contribution in [3.8, 4) is 11.9 Å². The maximum absolute atomic E-state index is 13.1. The Labute approximate surface area is 224 Å². The third-order valence-corrected chi connectivity index (χ3v) is 8.77. The molecule has 4 aromatic rings. The zero-order valence-electron chi connectivity index (χ0n) is 20.9. The van der Waals surface area contributed by atoms with Gasteiger partial charge >= 0.3 is 0 Å². The lowest BCUT2D eigenvalue weighted by atomic mass is 10.1. The highest BCUT2D eigenvalue weighted by Crippen LogP contribution is 2.44. The van der Waals surface area contributed by atoms with Crippen LogP contribution in [-0.2, 0) is 23.6 Å². The number of carbonyl (C=O) groups excluding carboxylic acids is 1. The van der Waals surface area contributed by atoms with Gasteiger partial charge in [-0.1, -0.05) is 18.2 Å². The van der Waals surface area contributed by atoms with Crippen LogP contribution in [0.25, 0.3) is 10.9 Å². The van der Waals surface area contributed by atoms with E-state index in [9.17, 15) is 18.0 Å². The molecule has 1 aliphatic rings. The van der Waals surface area contributed by atoms with E-state index in [0.717, 1.165) is 5.56 Å². The summed E-state index contributed by atoms with van der Waals surface area (Å²) in [7, 11) is -2.29. The van der Waals surface area contributed by atoms with Gasteiger partial charge in [0.15, 0.2) is 0 Å². The molecular formula is C27H24N6O5S. The van der Waals surface area contributed by atoms with Gasteiger partial charge in [0.2, 0.25) is 15.9 Å². The number of fused-ring (bicyclic) bond motifs is 1. The molecule has 12 heteroatoms. The molecule has 1 amide bonds. The van der Waals surface area contributed by atoms with Crippen LogP contribution in [0.2, 0.25) is 0 Å². The van der Waals surface area contributed by atoms with E-state index in [1.807, 2.05) is 6.07 Å². The van der Waals surface area contributed by atoms with Gasteiger partial charge in [0.1, 0.15) is 28.3 Å². The number of nitrogens with one attached hydrogen (secondary N) is 2. The first-order chi connectivity index (χ1) is 18.7. The third-order valence-electron chi connectivity index (χ3n) is 6.63. The molecule has 0 atom stereocenters. The first-order valence-corrected chi connectivity index (χ1v) is 13.5. The van der Waals surface area contributed by atoms with E-state index in [2.05, 4.69) is 20.0 Å². The number of aromatic nitrogens is 3. The molecule has 3 aromatic heterocycles. The molecule has 1 aromatic carbocycles. The van der Waals surface area contributed by atoms with Gasteiger partial charge < -0.3 is 14.6 Å². The van der Waals surface area contributed by atoms with Gasteiger partial charge in [0.25, 0.3) is 11.5 Å². The van der Waals surface area contributed by atoms with Crippen molar-refractivity contribution in [3.05, 3.63) is 94.0 Å². The summed E-state index contributed by atoms with van der Waals surface area (Å²) in [5.41, 5.74) is 1.02. The Hall–Kier alpha value is -4.76. The lowest BCUT2D eigenvalue weighted by molar-refractivity contribution is 0.0949. The number of carbonyl (C=O) groups is 1. The number of pyridine rings is 3. The molecule has 1 fully saturated rings. The van der Waals surface area contributed by atoms with E-state index in [1.165, 1.54) is 30.1 Å². The molecule has 11 nitrogen and oxygen atoms in total. The Bertz CT molecular complexity index is 1760. The number of nitrogens with zero attached hydrogens (tertiary/aromatic N) is 4. The van der Waals surface area contributed by atoms with Gasteiger partial charge in [0.05, 0.1) is 11.6 Å². The number of amides is 1. The molecule has 0 unspecified atom stereocenters. The van der Waals surface area contributed by atoms with E-state index in [-0.39, 0.29) is 30.4 Å². The molecule has 3 heterocycles. The first kappa shape index (κ1) is 25.9. The molecule has 2 N–H and O–H groups in total. The van der Waals surface area contributed by atoms with Crippen molar-refractivity contribution in [2.75, 3.05) is 11.3 Å². The van der Waals surface area contributed by atoms with Crippen LogP contribution < -0.4 is 20.3 Å².